The lowest BCUT2D eigenvalue weighted by Gasteiger charge is -2.34. The number of para-hydroxylation sites is 1. The molecular formula is C28H32N6O. The van der Waals surface area contributed by atoms with E-state index >= 15 is 0 Å². The predicted molar refractivity (Wildman–Crippen MR) is 144 cm³/mol. The molecule has 1 saturated heterocycles. The first-order valence-corrected chi connectivity index (χ1v) is 12.2. The number of benzene rings is 2. The largest absolute Gasteiger partial charge is 0.340 e. The second-order valence-electron chi connectivity index (χ2n) is 9.10. The van der Waals surface area contributed by atoms with Gasteiger partial charge in [-0.1, -0.05) is 37.3 Å². The van der Waals surface area contributed by atoms with Crippen molar-refractivity contribution in [2.75, 3.05) is 43.4 Å². The molecule has 0 aliphatic carbocycles. The first-order valence-electron chi connectivity index (χ1n) is 12.2. The summed E-state index contributed by atoms with van der Waals surface area (Å²) in [6.45, 7) is 10.8. The molecule has 0 atom stereocenters. The van der Waals surface area contributed by atoms with Crippen LogP contribution in [0.4, 0.5) is 23.0 Å². The van der Waals surface area contributed by atoms with Gasteiger partial charge in [0.2, 0.25) is 0 Å². The van der Waals surface area contributed by atoms with E-state index in [9.17, 15) is 4.79 Å². The Labute approximate surface area is 205 Å². The van der Waals surface area contributed by atoms with Gasteiger partial charge in [-0.25, -0.2) is 4.98 Å². The third-order valence-corrected chi connectivity index (χ3v) is 6.70. The Morgan fingerprint density at radius 2 is 1.69 bits per heavy atom. The second kappa shape index (κ2) is 10.3. The Morgan fingerprint density at radius 3 is 2.43 bits per heavy atom. The molecule has 1 aliphatic heterocycles. The topological polar surface area (TPSA) is 76.3 Å². The zero-order valence-electron chi connectivity index (χ0n) is 20.3. The van der Waals surface area contributed by atoms with E-state index in [0.29, 0.717) is 17.0 Å². The molecule has 4 aromatic rings. The highest BCUT2D eigenvalue weighted by Crippen LogP contribution is 2.27. The number of likely N-dealkylation sites (N-methyl/N-ethyl adjacent to an activating group) is 1. The van der Waals surface area contributed by atoms with Crippen LogP contribution in [0, 0.1) is 6.92 Å². The number of fused-ring (bicyclic) bond motifs is 1. The van der Waals surface area contributed by atoms with Crippen LogP contribution in [0.1, 0.15) is 18.1 Å². The van der Waals surface area contributed by atoms with Crippen LogP contribution in [0.2, 0.25) is 0 Å². The van der Waals surface area contributed by atoms with Gasteiger partial charge in [-0.05, 0) is 60.3 Å². The number of pyridine rings is 2. The molecule has 1 fully saturated rings. The first kappa shape index (κ1) is 23.1. The van der Waals surface area contributed by atoms with Crippen molar-refractivity contribution in [3.05, 3.63) is 88.3 Å². The van der Waals surface area contributed by atoms with Gasteiger partial charge in [0.1, 0.15) is 11.6 Å². The van der Waals surface area contributed by atoms with Crippen LogP contribution < -0.4 is 16.2 Å². The van der Waals surface area contributed by atoms with Gasteiger partial charge in [-0.15, -0.1) is 0 Å². The van der Waals surface area contributed by atoms with Crippen LogP contribution in [0.15, 0.2) is 71.7 Å². The number of hydrogen-bond donors (Lipinski definition) is 3. The van der Waals surface area contributed by atoms with E-state index in [4.69, 9.17) is 4.98 Å². The highest BCUT2D eigenvalue weighted by molar-refractivity contribution is 5.94. The molecule has 0 saturated carbocycles. The lowest BCUT2D eigenvalue weighted by atomic mass is 10.1. The third-order valence-electron chi connectivity index (χ3n) is 6.70. The normalized spacial score (nSPS) is 14.8. The Morgan fingerprint density at radius 1 is 0.943 bits per heavy atom. The number of H-pyrrole nitrogens is 1. The van der Waals surface area contributed by atoms with Gasteiger partial charge >= 0.3 is 0 Å². The maximum absolute atomic E-state index is 12.7. The van der Waals surface area contributed by atoms with E-state index in [1.54, 1.807) is 6.20 Å². The van der Waals surface area contributed by atoms with Gasteiger partial charge in [0.15, 0.2) is 0 Å². The van der Waals surface area contributed by atoms with Crippen molar-refractivity contribution >= 4 is 33.8 Å². The van der Waals surface area contributed by atoms with Gasteiger partial charge < -0.3 is 20.5 Å². The highest BCUT2D eigenvalue weighted by Gasteiger charge is 2.16. The van der Waals surface area contributed by atoms with Crippen LogP contribution in [0.3, 0.4) is 0 Å². The summed E-state index contributed by atoms with van der Waals surface area (Å²) in [5.41, 5.74) is 4.13. The fourth-order valence-electron chi connectivity index (χ4n) is 4.57. The monoisotopic (exact) mass is 468 g/mol. The average Bonchev–Trinajstić information content (AvgIpc) is 2.87. The third kappa shape index (κ3) is 5.37. The molecule has 3 heterocycles. The Kier molecular flexibility index (Phi) is 6.79. The number of piperazine rings is 1. The van der Waals surface area contributed by atoms with Gasteiger partial charge in [-0.3, -0.25) is 9.69 Å². The van der Waals surface area contributed by atoms with E-state index in [1.807, 2.05) is 30.3 Å². The van der Waals surface area contributed by atoms with Gasteiger partial charge in [0, 0.05) is 50.3 Å². The van der Waals surface area contributed by atoms with Crippen molar-refractivity contribution in [2.24, 2.45) is 0 Å². The zero-order valence-corrected chi connectivity index (χ0v) is 20.3. The maximum atomic E-state index is 12.7. The average molecular weight is 469 g/mol. The standard InChI is InChI=1S/C28H32N6O/c1-3-33-14-16-34(17-15-33)19-21-8-10-23(11-9-21)30-27-26-22(12-13-29-28(26)35)18-25(32-27)31-24-7-5-4-6-20(24)2/h4-13,18H,3,14-17,19H2,1-2H3,(H,29,35)(H2,30,31,32). The molecule has 0 radical (unpaired) electrons. The highest BCUT2D eigenvalue weighted by atomic mass is 16.1. The Bertz CT molecular complexity index is 1360. The number of aryl methyl sites for hydroxylation is 1. The molecule has 3 N–H and O–H groups in total. The molecule has 1 aliphatic rings. The van der Waals surface area contributed by atoms with Crippen molar-refractivity contribution in [3.8, 4) is 0 Å². The van der Waals surface area contributed by atoms with Gasteiger partial charge in [0.05, 0.1) is 5.39 Å². The summed E-state index contributed by atoms with van der Waals surface area (Å²) in [7, 11) is 0. The lowest BCUT2D eigenvalue weighted by Crippen LogP contribution is -2.45. The Hall–Kier alpha value is -3.68. The molecule has 0 unspecified atom stereocenters. The minimum absolute atomic E-state index is 0.164. The molecule has 0 amide bonds. The van der Waals surface area contributed by atoms with Crippen LogP contribution in [-0.2, 0) is 6.54 Å². The van der Waals surface area contributed by atoms with Crippen molar-refractivity contribution in [1.82, 2.24) is 19.8 Å². The number of aromatic amines is 1. The maximum Gasteiger partial charge on any atom is 0.259 e. The van der Waals surface area contributed by atoms with E-state index in [-0.39, 0.29) is 5.56 Å². The fraction of sp³-hybridized carbons (Fsp3) is 0.286. The van der Waals surface area contributed by atoms with E-state index in [2.05, 4.69) is 69.6 Å². The SMILES string of the molecule is CCN1CCN(Cc2ccc(Nc3nc(Nc4ccccc4C)cc4cc[nH]c(=O)c34)cc2)CC1. The molecule has 2 aromatic heterocycles. The molecule has 0 spiro atoms. The van der Waals surface area contributed by atoms with Crippen LogP contribution >= 0.6 is 0 Å². The second-order valence-corrected chi connectivity index (χ2v) is 9.10. The molecule has 35 heavy (non-hydrogen) atoms. The summed E-state index contributed by atoms with van der Waals surface area (Å²) in [6, 6.07) is 20.3. The van der Waals surface area contributed by atoms with Gasteiger partial charge in [-0.2, -0.15) is 0 Å². The molecule has 5 rings (SSSR count). The quantitative estimate of drug-likeness (QED) is 0.360. The number of aromatic nitrogens is 2. The molecule has 0 bridgehead atoms. The smallest absolute Gasteiger partial charge is 0.259 e. The van der Waals surface area contributed by atoms with Crippen molar-refractivity contribution in [3.63, 3.8) is 0 Å². The first-order chi connectivity index (χ1) is 17.1. The van der Waals surface area contributed by atoms with E-state index < -0.39 is 0 Å². The summed E-state index contributed by atoms with van der Waals surface area (Å²) in [6.07, 6.45) is 1.67. The molecular weight excluding hydrogens is 436 g/mol. The minimum atomic E-state index is -0.164. The summed E-state index contributed by atoms with van der Waals surface area (Å²) in [4.78, 5) is 25.2. The van der Waals surface area contributed by atoms with Crippen molar-refractivity contribution in [1.29, 1.82) is 0 Å². The van der Waals surface area contributed by atoms with Gasteiger partial charge in [0.25, 0.3) is 5.56 Å². The number of hydrogen-bond acceptors (Lipinski definition) is 6. The minimum Gasteiger partial charge on any atom is -0.340 e. The molecule has 7 heteroatoms. The van der Waals surface area contributed by atoms with Crippen molar-refractivity contribution < 1.29 is 0 Å². The van der Waals surface area contributed by atoms with Crippen LogP contribution in [-0.4, -0.2) is 52.5 Å². The summed E-state index contributed by atoms with van der Waals surface area (Å²) >= 11 is 0. The van der Waals surface area contributed by atoms with Crippen LogP contribution in [0.5, 0.6) is 0 Å². The number of anilines is 4. The summed E-state index contributed by atoms with van der Waals surface area (Å²) < 4.78 is 0. The van der Waals surface area contributed by atoms with Crippen molar-refractivity contribution in [2.45, 2.75) is 20.4 Å². The van der Waals surface area contributed by atoms with E-state index in [1.165, 1.54) is 5.56 Å². The fourth-order valence-corrected chi connectivity index (χ4v) is 4.57. The summed E-state index contributed by atoms with van der Waals surface area (Å²) in [5.74, 6) is 1.21. The number of nitrogens with zero attached hydrogens (tertiary/aromatic N) is 3. The number of nitrogens with one attached hydrogen (secondary N) is 3. The molecule has 2 aromatic carbocycles. The molecule has 7 nitrogen and oxygen atoms in total. The molecule has 180 valence electrons. The van der Waals surface area contributed by atoms with E-state index in [0.717, 1.165) is 61.6 Å². The van der Waals surface area contributed by atoms with Crippen LogP contribution in [0.25, 0.3) is 10.8 Å². The number of rotatable bonds is 7. The Balaban J connectivity index is 1.37. The predicted octanol–water partition coefficient (Wildman–Crippen LogP) is 4.86. The lowest BCUT2D eigenvalue weighted by molar-refractivity contribution is 0.132. The zero-order chi connectivity index (χ0) is 24.2. The summed E-state index contributed by atoms with van der Waals surface area (Å²) in [5, 5.41) is 8.15.